The number of nitrogens with zero attached hydrogens (tertiary/aromatic N) is 2. The quantitative estimate of drug-likeness (QED) is 0.689. The Labute approximate surface area is 122 Å². The van der Waals surface area contributed by atoms with Crippen molar-refractivity contribution in [3.05, 3.63) is 62.7 Å². The molecular weight excluding hydrogens is 273 g/mol. The molecule has 1 N–H and O–H groups in total. The van der Waals surface area contributed by atoms with E-state index in [1.54, 1.807) is 32.9 Å². The van der Waals surface area contributed by atoms with Gasteiger partial charge in [0, 0.05) is 11.8 Å². The second kappa shape index (κ2) is 5.87. The highest BCUT2D eigenvalue weighted by Crippen LogP contribution is 2.25. The second-order valence-corrected chi connectivity index (χ2v) is 4.90. The SMILES string of the molecule is Cc1cccc(F)c1NCc1ncc(C)c([N+](=O)[O-])c1C. The molecular formula is C15H16FN3O2. The van der Waals surface area contributed by atoms with Crippen molar-refractivity contribution >= 4 is 11.4 Å². The number of anilines is 1. The van der Waals surface area contributed by atoms with Crippen LogP contribution in [-0.4, -0.2) is 9.91 Å². The van der Waals surface area contributed by atoms with Crippen molar-refractivity contribution < 1.29 is 9.31 Å². The molecule has 21 heavy (non-hydrogen) atoms. The van der Waals surface area contributed by atoms with Gasteiger partial charge in [-0.25, -0.2) is 4.39 Å². The van der Waals surface area contributed by atoms with Gasteiger partial charge >= 0.3 is 0 Å². The third kappa shape index (κ3) is 2.99. The van der Waals surface area contributed by atoms with Gasteiger partial charge in [0.2, 0.25) is 0 Å². The van der Waals surface area contributed by atoms with Crippen molar-refractivity contribution in [2.24, 2.45) is 0 Å². The molecule has 110 valence electrons. The molecule has 1 aromatic heterocycles. The zero-order valence-corrected chi connectivity index (χ0v) is 12.1. The maximum absolute atomic E-state index is 13.7. The Morgan fingerprint density at radius 1 is 1.29 bits per heavy atom. The minimum atomic E-state index is -0.413. The van der Waals surface area contributed by atoms with Gasteiger partial charge in [-0.05, 0) is 32.4 Å². The molecule has 0 spiro atoms. The van der Waals surface area contributed by atoms with E-state index in [4.69, 9.17) is 0 Å². The Bertz CT molecular complexity index is 681. The summed E-state index contributed by atoms with van der Waals surface area (Å²) in [6.07, 6.45) is 1.47. The fraction of sp³-hybridized carbons (Fsp3) is 0.267. The Balaban J connectivity index is 2.29. The minimum Gasteiger partial charge on any atom is -0.377 e. The summed E-state index contributed by atoms with van der Waals surface area (Å²) in [6, 6.07) is 4.80. The van der Waals surface area contributed by atoms with Crippen molar-refractivity contribution in [3.63, 3.8) is 0 Å². The van der Waals surface area contributed by atoms with Gasteiger partial charge in [-0.1, -0.05) is 12.1 Å². The largest absolute Gasteiger partial charge is 0.377 e. The van der Waals surface area contributed by atoms with Crippen molar-refractivity contribution in [3.8, 4) is 0 Å². The number of benzene rings is 1. The van der Waals surface area contributed by atoms with Crippen LogP contribution >= 0.6 is 0 Å². The lowest BCUT2D eigenvalue weighted by atomic mass is 10.1. The van der Waals surface area contributed by atoms with Crippen molar-refractivity contribution in [2.75, 3.05) is 5.32 Å². The van der Waals surface area contributed by atoms with E-state index < -0.39 is 4.92 Å². The van der Waals surface area contributed by atoms with Crippen molar-refractivity contribution in [1.82, 2.24) is 4.98 Å². The number of halogens is 1. The Hall–Kier alpha value is -2.50. The average molecular weight is 289 g/mol. The van der Waals surface area contributed by atoms with E-state index in [-0.39, 0.29) is 18.0 Å². The number of rotatable bonds is 4. The van der Waals surface area contributed by atoms with Gasteiger partial charge in [0.05, 0.1) is 28.4 Å². The Morgan fingerprint density at radius 3 is 2.62 bits per heavy atom. The topological polar surface area (TPSA) is 68.1 Å². The highest BCUT2D eigenvalue weighted by Gasteiger charge is 2.18. The first-order valence-corrected chi connectivity index (χ1v) is 6.50. The lowest BCUT2D eigenvalue weighted by Crippen LogP contribution is -2.08. The number of hydrogen-bond acceptors (Lipinski definition) is 4. The second-order valence-electron chi connectivity index (χ2n) is 4.90. The molecule has 0 atom stereocenters. The van der Waals surface area contributed by atoms with E-state index in [0.29, 0.717) is 22.5 Å². The van der Waals surface area contributed by atoms with Crippen LogP contribution in [0.4, 0.5) is 15.8 Å². The van der Waals surface area contributed by atoms with E-state index in [1.807, 2.05) is 0 Å². The molecule has 6 heteroatoms. The summed E-state index contributed by atoms with van der Waals surface area (Å²) in [4.78, 5) is 14.9. The lowest BCUT2D eigenvalue weighted by molar-refractivity contribution is -0.386. The molecule has 0 saturated heterocycles. The smallest absolute Gasteiger partial charge is 0.278 e. The zero-order chi connectivity index (χ0) is 15.6. The molecule has 0 saturated carbocycles. The van der Waals surface area contributed by atoms with E-state index >= 15 is 0 Å². The molecule has 0 bridgehead atoms. The minimum absolute atomic E-state index is 0.0621. The van der Waals surface area contributed by atoms with Crippen molar-refractivity contribution in [1.29, 1.82) is 0 Å². The van der Waals surface area contributed by atoms with E-state index in [1.165, 1.54) is 12.3 Å². The van der Waals surface area contributed by atoms with E-state index in [0.717, 1.165) is 5.56 Å². The van der Waals surface area contributed by atoms with Crippen LogP contribution in [0.2, 0.25) is 0 Å². The van der Waals surface area contributed by atoms with Crippen LogP contribution in [0.5, 0.6) is 0 Å². The molecule has 0 aliphatic heterocycles. The van der Waals surface area contributed by atoms with Crippen LogP contribution in [0.1, 0.15) is 22.4 Å². The number of aromatic nitrogens is 1. The number of hydrogen-bond donors (Lipinski definition) is 1. The molecule has 1 aromatic carbocycles. The molecule has 1 heterocycles. The molecule has 0 aliphatic carbocycles. The van der Waals surface area contributed by atoms with Crippen LogP contribution in [0.25, 0.3) is 0 Å². The molecule has 5 nitrogen and oxygen atoms in total. The van der Waals surface area contributed by atoms with Crippen LogP contribution in [0.15, 0.2) is 24.4 Å². The maximum Gasteiger partial charge on any atom is 0.278 e. The molecule has 0 unspecified atom stereocenters. The molecule has 2 aromatic rings. The fourth-order valence-electron chi connectivity index (χ4n) is 2.25. The predicted octanol–water partition coefficient (Wildman–Crippen LogP) is 3.67. The van der Waals surface area contributed by atoms with Crippen LogP contribution in [-0.2, 0) is 6.54 Å². The summed E-state index contributed by atoms with van der Waals surface area (Å²) in [7, 11) is 0. The number of nitrogens with one attached hydrogen (secondary N) is 1. The van der Waals surface area contributed by atoms with Crippen molar-refractivity contribution in [2.45, 2.75) is 27.3 Å². The fourth-order valence-corrected chi connectivity index (χ4v) is 2.25. The normalized spacial score (nSPS) is 10.5. The van der Waals surface area contributed by atoms with Gasteiger partial charge in [0.25, 0.3) is 5.69 Å². The summed E-state index contributed by atoms with van der Waals surface area (Å²) in [5, 5.41) is 14.0. The van der Waals surface area contributed by atoms with Gasteiger partial charge in [0.1, 0.15) is 5.82 Å². The number of para-hydroxylation sites is 1. The monoisotopic (exact) mass is 289 g/mol. The van der Waals surface area contributed by atoms with E-state index in [9.17, 15) is 14.5 Å². The van der Waals surface area contributed by atoms with Gasteiger partial charge in [-0.3, -0.25) is 15.1 Å². The predicted molar refractivity (Wildman–Crippen MR) is 78.8 cm³/mol. The molecule has 2 rings (SSSR count). The third-order valence-electron chi connectivity index (χ3n) is 3.41. The molecule has 0 aliphatic rings. The van der Waals surface area contributed by atoms with Gasteiger partial charge < -0.3 is 5.32 Å². The standard InChI is InChI=1S/C15H16FN3O2/c1-9-5-4-6-12(16)14(9)18-8-13-11(3)15(19(20)21)10(2)7-17-13/h4-7,18H,8H2,1-3H3. The van der Waals surface area contributed by atoms with Crippen LogP contribution in [0, 0.1) is 36.7 Å². The summed E-state index contributed by atoms with van der Waals surface area (Å²) in [5.41, 5.74) is 2.78. The first-order valence-electron chi connectivity index (χ1n) is 6.50. The first kappa shape index (κ1) is 14.9. The average Bonchev–Trinajstić information content (AvgIpc) is 2.40. The summed E-state index contributed by atoms with van der Waals surface area (Å²) >= 11 is 0. The highest BCUT2D eigenvalue weighted by atomic mass is 19.1. The Kier molecular flexibility index (Phi) is 4.16. The molecule has 0 fully saturated rings. The van der Waals surface area contributed by atoms with E-state index in [2.05, 4.69) is 10.3 Å². The first-order chi connectivity index (χ1) is 9.91. The van der Waals surface area contributed by atoms with Crippen LogP contribution < -0.4 is 5.32 Å². The Morgan fingerprint density at radius 2 is 2.00 bits per heavy atom. The highest BCUT2D eigenvalue weighted by molar-refractivity contribution is 5.53. The maximum atomic E-state index is 13.7. The summed E-state index contributed by atoms with van der Waals surface area (Å²) in [5.74, 6) is -0.353. The van der Waals surface area contributed by atoms with Gasteiger partial charge in [-0.2, -0.15) is 0 Å². The molecule has 0 radical (unpaired) electrons. The summed E-state index contributed by atoms with van der Waals surface area (Å²) in [6.45, 7) is 5.33. The molecule has 0 amide bonds. The third-order valence-corrected chi connectivity index (χ3v) is 3.41. The lowest BCUT2D eigenvalue weighted by Gasteiger charge is -2.12. The van der Waals surface area contributed by atoms with Gasteiger partial charge in [-0.15, -0.1) is 0 Å². The van der Waals surface area contributed by atoms with Gasteiger partial charge in [0.15, 0.2) is 0 Å². The number of aryl methyl sites for hydroxylation is 2. The number of nitro groups is 1. The summed E-state index contributed by atoms with van der Waals surface area (Å²) < 4.78 is 13.7. The number of pyridine rings is 1. The zero-order valence-electron chi connectivity index (χ0n) is 12.1. The van der Waals surface area contributed by atoms with Crippen LogP contribution in [0.3, 0.4) is 0 Å².